The highest BCUT2D eigenvalue weighted by Gasteiger charge is 2.06. The zero-order valence-electron chi connectivity index (χ0n) is 3.90. The second-order valence-corrected chi connectivity index (χ2v) is 1.61. The maximum Gasteiger partial charge on any atom is 0.0775 e. The highest BCUT2D eigenvalue weighted by molar-refractivity contribution is 4.54. The Morgan fingerprint density at radius 3 is 2.83 bits per heavy atom. The summed E-state index contributed by atoms with van der Waals surface area (Å²) in [5.41, 5.74) is 2.77. The third-order valence-corrected chi connectivity index (χ3v) is 0.937. The van der Waals surface area contributed by atoms with Crippen molar-refractivity contribution in [3.8, 4) is 0 Å². The summed E-state index contributed by atoms with van der Waals surface area (Å²) in [7, 11) is 0. The molecule has 0 amide bonds. The largest absolute Gasteiger partial charge is 0.299 e. The van der Waals surface area contributed by atoms with Crippen LogP contribution in [0.4, 0.5) is 0 Å². The van der Waals surface area contributed by atoms with Gasteiger partial charge in [-0.25, -0.2) is 5.48 Å². The first-order chi connectivity index (χ1) is 2.89. The van der Waals surface area contributed by atoms with Crippen LogP contribution in [-0.4, -0.2) is 12.6 Å². The average Bonchev–Trinajstić information content (AvgIpc) is 1.86. The quantitative estimate of drug-likeness (QED) is 0.459. The summed E-state index contributed by atoms with van der Waals surface area (Å²) in [5.74, 6) is 0. The zero-order valence-corrected chi connectivity index (χ0v) is 3.90. The Morgan fingerprint density at radius 2 is 2.67 bits per heavy atom. The van der Waals surface area contributed by atoms with Gasteiger partial charge in [-0.1, -0.05) is 0 Å². The van der Waals surface area contributed by atoms with Gasteiger partial charge in [-0.15, -0.1) is 0 Å². The molecular weight excluding hydrogens is 78.0 g/mol. The SMILES string of the molecule is C[C@@H]1CCNO1. The molecule has 1 aliphatic rings. The fourth-order valence-corrected chi connectivity index (χ4v) is 0.522. The standard InChI is InChI=1S/C4H9NO/c1-4-2-3-5-6-4/h4-5H,2-3H2,1H3/t4-/m1/s1. The van der Waals surface area contributed by atoms with E-state index in [0.29, 0.717) is 6.10 Å². The van der Waals surface area contributed by atoms with Crippen molar-refractivity contribution in [3.63, 3.8) is 0 Å². The highest BCUT2D eigenvalue weighted by Crippen LogP contribution is 1.98. The van der Waals surface area contributed by atoms with Crippen LogP contribution < -0.4 is 5.48 Å². The Labute approximate surface area is 37.4 Å². The molecule has 6 heavy (non-hydrogen) atoms. The summed E-state index contributed by atoms with van der Waals surface area (Å²) in [6, 6.07) is 0. The molecule has 0 spiro atoms. The first-order valence-corrected chi connectivity index (χ1v) is 2.28. The van der Waals surface area contributed by atoms with E-state index in [-0.39, 0.29) is 0 Å². The minimum Gasteiger partial charge on any atom is -0.299 e. The maximum atomic E-state index is 4.90. The fraction of sp³-hybridized carbons (Fsp3) is 1.00. The van der Waals surface area contributed by atoms with E-state index >= 15 is 0 Å². The van der Waals surface area contributed by atoms with E-state index in [4.69, 9.17) is 4.84 Å². The van der Waals surface area contributed by atoms with Gasteiger partial charge >= 0.3 is 0 Å². The summed E-state index contributed by atoms with van der Waals surface area (Å²) in [4.78, 5) is 4.90. The zero-order chi connectivity index (χ0) is 4.41. The molecule has 0 aromatic rings. The van der Waals surface area contributed by atoms with Gasteiger partial charge < -0.3 is 0 Å². The van der Waals surface area contributed by atoms with Crippen molar-refractivity contribution in [3.05, 3.63) is 0 Å². The van der Waals surface area contributed by atoms with Crippen molar-refractivity contribution < 1.29 is 4.84 Å². The van der Waals surface area contributed by atoms with Gasteiger partial charge in [0.15, 0.2) is 0 Å². The van der Waals surface area contributed by atoms with Crippen LogP contribution in [-0.2, 0) is 4.84 Å². The molecule has 1 saturated heterocycles. The normalized spacial score (nSPS) is 34.5. The van der Waals surface area contributed by atoms with Crippen molar-refractivity contribution in [2.24, 2.45) is 0 Å². The number of rotatable bonds is 0. The lowest BCUT2D eigenvalue weighted by Gasteiger charge is -1.93. The second kappa shape index (κ2) is 1.58. The number of hydrogen-bond donors (Lipinski definition) is 1. The van der Waals surface area contributed by atoms with Gasteiger partial charge in [-0.05, 0) is 13.3 Å². The van der Waals surface area contributed by atoms with E-state index in [0.717, 1.165) is 13.0 Å². The van der Waals surface area contributed by atoms with E-state index in [1.165, 1.54) is 0 Å². The smallest absolute Gasteiger partial charge is 0.0775 e. The molecule has 2 heteroatoms. The first-order valence-electron chi connectivity index (χ1n) is 2.28. The van der Waals surface area contributed by atoms with Crippen LogP contribution in [0.5, 0.6) is 0 Å². The molecule has 1 aliphatic heterocycles. The molecule has 0 bridgehead atoms. The number of hydroxylamine groups is 1. The molecule has 0 radical (unpaired) electrons. The van der Waals surface area contributed by atoms with Crippen LogP contribution in [0.1, 0.15) is 13.3 Å². The topological polar surface area (TPSA) is 21.3 Å². The predicted octanol–water partition coefficient (Wildman–Crippen LogP) is 0.300. The monoisotopic (exact) mass is 87.1 g/mol. The molecule has 1 rings (SSSR count). The Morgan fingerprint density at radius 1 is 1.83 bits per heavy atom. The molecule has 1 heterocycles. The Kier molecular flexibility index (Phi) is 1.08. The van der Waals surface area contributed by atoms with Gasteiger partial charge in [-0.2, -0.15) is 0 Å². The first kappa shape index (κ1) is 4.09. The molecular formula is C4H9NO. The Bertz CT molecular complexity index is 40.8. The lowest BCUT2D eigenvalue weighted by Crippen LogP contribution is -2.05. The lowest BCUT2D eigenvalue weighted by molar-refractivity contribution is 0.0453. The predicted molar refractivity (Wildman–Crippen MR) is 23.2 cm³/mol. The summed E-state index contributed by atoms with van der Waals surface area (Å²) >= 11 is 0. The van der Waals surface area contributed by atoms with Crippen LogP contribution in [0.15, 0.2) is 0 Å². The average molecular weight is 87.1 g/mol. The molecule has 0 aromatic heterocycles. The molecule has 0 aromatic carbocycles. The molecule has 0 saturated carbocycles. The maximum absolute atomic E-state index is 4.90. The van der Waals surface area contributed by atoms with Crippen molar-refractivity contribution in [2.75, 3.05) is 6.54 Å². The fourth-order valence-electron chi connectivity index (χ4n) is 0.522. The Balaban J connectivity index is 2.18. The van der Waals surface area contributed by atoms with E-state index in [9.17, 15) is 0 Å². The third-order valence-electron chi connectivity index (χ3n) is 0.937. The van der Waals surface area contributed by atoms with E-state index in [1.54, 1.807) is 0 Å². The van der Waals surface area contributed by atoms with Crippen LogP contribution in [0.2, 0.25) is 0 Å². The van der Waals surface area contributed by atoms with Crippen molar-refractivity contribution in [1.29, 1.82) is 0 Å². The van der Waals surface area contributed by atoms with E-state index in [2.05, 4.69) is 12.4 Å². The minimum absolute atomic E-state index is 0.435. The summed E-state index contributed by atoms with van der Waals surface area (Å²) in [6.45, 7) is 3.07. The Hall–Kier alpha value is -0.0800. The molecule has 2 nitrogen and oxygen atoms in total. The second-order valence-electron chi connectivity index (χ2n) is 1.61. The molecule has 0 aliphatic carbocycles. The van der Waals surface area contributed by atoms with E-state index < -0.39 is 0 Å². The van der Waals surface area contributed by atoms with Crippen molar-refractivity contribution >= 4 is 0 Å². The van der Waals surface area contributed by atoms with Gasteiger partial charge in [0.1, 0.15) is 0 Å². The summed E-state index contributed by atoms with van der Waals surface area (Å²) in [6.07, 6.45) is 1.59. The molecule has 0 unspecified atom stereocenters. The van der Waals surface area contributed by atoms with Gasteiger partial charge in [0.2, 0.25) is 0 Å². The van der Waals surface area contributed by atoms with Gasteiger partial charge in [0, 0.05) is 6.54 Å². The van der Waals surface area contributed by atoms with Crippen LogP contribution in [0, 0.1) is 0 Å². The molecule has 1 atom stereocenters. The molecule has 1 fully saturated rings. The van der Waals surface area contributed by atoms with Crippen molar-refractivity contribution in [1.82, 2.24) is 5.48 Å². The minimum atomic E-state index is 0.435. The van der Waals surface area contributed by atoms with Crippen molar-refractivity contribution in [2.45, 2.75) is 19.4 Å². The number of nitrogens with one attached hydrogen (secondary N) is 1. The third kappa shape index (κ3) is 0.698. The summed E-state index contributed by atoms with van der Waals surface area (Å²) < 4.78 is 0. The van der Waals surface area contributed by atoms with E-state index in [1.807, 2.05) is 0 Å². The summed E-state index contributed by atoms with van der Waals surface area (Å²) in [5, 5.41) is 0. The number of hydrogen-bond acceptors (Lipinski definition) is 2. The molecule has 1 N–H and O–H groups in total. The van der Waals surface area contributed by atoms with Crippen LogP contribution in [0.25, 0.3) is 0 Å². The van der Waals surface area contributed by atoms with Crippen LogP contribution >= 0.6 is 0 Å². The highest BCUT2D eigenvalue weighted by atomic mass is 16.7. The van der Waals surface area contributed by atoms with Crippen LogP contribution in [0.3, 0.4) is 0 Å². The molecule has 36 valence electrons. The van der Waals surface area contributed by atoms with Gasteiger partial charge in [-0.3, -0.25) is 4.84 Å². The van der Waals surface area contributed by atoms with Gasteiger partial charge in [0.05, 0.1) is 6.10 Å². The van der Waals surface area contributed by atoms with Gasteiger partial charge in [0.25, 0.3) is 0 Å². The lowest BCUT2D eigenvalue weighted by atomic mass is 10.3.